The fraction of sp³-hybridized carbons (Fsp3) is 0.938. The van der Waals surface area contributed by atoms with Crippen LogP contribution in [-0.2, 0) is 4.74 Å². The summed E-state index contributed by atoms with van der Waals surface area (Å²) >= 11 is 1.97. The zero-order valence-electron chi connectivity index (χ0n) is 13.9. The predicted octanol–water partition coefficient (Wildman–Crippen LogP) is 3.26. The van der Waals surface area contributed by atoms with Gasteiger partial charge in [0, 0.05) is 30.4 Å². The SMILES string of the molecule is CSC1(CNCC2CCCCN2C(=O)OC(C)(C)C)CC1. The Balaban J connectivity index is 1.82. The Morgan fingerprint density at radius 3 is 2.67 bits per heavy atom. The van der Waals surface area contributed by atoms with Crippen molar-refractivity contribution in [1.29, 1.82) is 0 Å². The maximum absolute atomic E-state index is 12.3. The Labute approximate surface area is 133 Å². The van der Waals surface area contributed by atoms with Gasteiger partial charge in [0.2, 0.25) is 0 Å². The van der Waals surface area contributed by atoms with E-state index in [2.05, 4.69) is 11.6 Å². The zero-order chi connectivity index (χ0) is 15.5. The van der Waals surface area contributed by atoms with Gasteiger partial charge in [-0.1, -0.05) is 0 Å². The molecule has 1 saturated heterocycles. The van der Waals surface area contributed by atoms with E-state index < -0.39 is 5.60 Å². The standard InChI is InChI=1S/C16H30N2O2S/c1-15(2,3)20-14(19)18-10-6-5-7-13(18)11-17-12-16(21-4)8-9-16/h13,17H,5-12H2,1-4H3. The van der Waals surface area contributed by atoms with Gasteiger partial charge in [-0.15, -0.1) is 0 Å². The maximum Gasteiger partial charge on any atom is 0.410 e. The highest BCUT2D eigenvalue weighted by Gasteiger charge is 2.41. The largest absolute Gasteiger partial charge is 0.444 e. The molecule has 2 rings (SSSR count). The number of nitrogens with zero attached hydrogens (tertiary/aromatic N) is 1. The number of amides is 1. The van der Waals surface area contributed by atoms with E-state index in [4.69, 9.17) is 4.74 Å². The average molecular weight is 314 g/mol. The number of piperidine rings is 1. The summed E-state index contributed by atoms with van der Waals surface area (Å²) in [6.45, 7) is 8.57. The van der Waals surface area contributed by atoms with Crippen LogP contribution in [-0.4, -0.2) is 53.3 Å². The Hall–Kier alpha value is -0.420. The van der Waals surface area contributed by atoms with Crippen molar-refractivity contribution < 1.29 is 9.53 Å². The smallest absolute Gasteiger partial charge is 0.410 e. The van der Waals surface area contributed by atoms with Crippen molar-refractivity contribution in [3.8, 4) is 0 Å². The molecule has 0 aromatic heterocycles. The van der Waals surface area contributed by atoms with Crippen LogP contribution in [0.1, 0.15) is 52.9 Å². The van der Waals surface area contributed by atoms with E-state index in [1.807, 2.05) is 37.4 Å². The lowest BCUT2D eigenvalue weighted by atomic mass is 10.0. The van der Waals surface area contributed by atoms with E-state index in [1.54, 1.807) is 0 Å². The van der Waals surface area contributed by atoms with Crippen LogP contribution in [0.3, 0.4) is 0 Å². The summed E-state index contributed by atoms with van der Waals surface area (Å²) in [6, 6.07) is 0.284. The van der Waals surface area contributed by atoms with Gasteiger partial charge in [0.1, 0.15) is 5.60 Å². The minimum absolute atomic E-state index is 0.153. The second kappa shape index (κ2) is 6.78. The highest BCUT2D eigenvalue weighted by atomic mass is 32.2. The number of ether oxygens (including phenoxy) is 1. The quantitative estimate of drug-likeness (QED) is 0.846. The molecule has 0 bridgehead atoms. The Morgan fingerprint density at radius 2 is 2.10 bits per heavy atom. The zero-order valence-corrected chi connectivity index (χ0v) is 14.7. The molecule has 4 nitrogen and oxygen atoms in total. The minimum atomic E-state index is -0.413. The van der Waals surface area contributed by atoms with Crippen LogP contribution in [0.4, 0.5) is 4.79 Å². The molecule has 1 aliphatic carbocycles. The summed E-state index contributed by atoms with van der Waals surface area (Å²) in [7, 11) is 0. The van der Waals surface area contributed by atoms with Gasteiger partial charge in [-0.05, 0) is 59.1 Å². The predicted molar refractivity (Wildman–Crippen MR) is 88.9 cm³/mol. The number of thioether (sulfide) groups is 1. The van der Waals surface area contributed by atoms with Crippen LogP contribution < -0.4 is 5.32 Å². The van der Waals surface area contributed by atoms with Crippen LogP contribution in [0.15, 0.2) is 0 Å². The first kappa shape index (κ1) is 16.9. The van der Waals surface area contributed by atoms with Crippen molar-refractivity contribution in [1.82, 2.24) is 10.2 Å². The van der Waals surface area contributed by atoms with E-state index in [0.717, 1.165) is 32.5 Å². The Kier molecular flexibility index (Phi) is 5.47. The fourth-order valence-electron chi connectivity index (χ4n) is 2.83. The third kappa shape index (κ3) is 5.06. The molecule has 0 spiro atoms. The van der Waals surface area contributed by atoms with Crippen LogP contribution in [0.5, 0.6) is 0 Å². The van der Waals surface area contributed by atoms with E-state index in [-0.39, 0.29) is 12.1 Å². The number of hydrogen-bond acceptors (Lipinski definition) is 4. The highest BCUT2D eigenvalue weighted by Crippen LogP contribution is 2.46. The summed E-state index contributed by atoms with van der Waals surface area (Å²) < 4.78 is 6.02. The van der Waals surface area contributed by atoms with Crippen molar-refractivity contribution in [2.45, 2.75) is 69.3 Å². The molecule has 1 heterocycles. The first-order valence-electron chi connectivity index (χ1n) is 8.11. The Bertz CT molecular complexity index is 364. The molecular formula is C16H30N2O2S. The fourth-order valence-corrected chi connectivity index (χ4v) is 3.59. The van der Waals surface area contributed by atoms with Crippen molar-refractivity contribution >= 4 is 17.9 Å². The van der Waals surface area contributed by atoms with E-state index in [9.17, 15) is 4.79 Å². The lowest BCUT2D eigenvalue weighted by Gasteiger charge is -2.37. The van der Waals surface area contributed by atoms with Gasteiger partial charge in [-0.2, -0.15) is 11.8 Å². The molecule has 1 N–H and O–H groups in total. The van der Waals surface area contributed by atoms with Crippen molar-refractivity contribution in [3.05, 3.63) is 0 Å². The average Bonchev–Trinajstić information content (AvgIpc) is 3.18. The molecule has 2 aliphatic rings. The molecule has 0 aromatic carbocycles. The van der Waals surface area contributed by atoms with Gasteiger partial charge in [-0.25, -0.2) is 4.79 Å². The second-order valence-electron chi connectivity index (χ2n) is 7.34. The molecule has 0 aromatic rings. The first-order valence-corrected chi connectivity index (χ1v) is 9.33. The van der Waals surface area contributed by atoms with Gasteiger partial charge >= 0.3 is 6.09 Å². The van der Waals surface area contributed by atoms with E-state index in [0.29, 0.717) is 4.75 Å². The second-order valence-corrected chi connectivity index (χ2v) is 8.62. The normalized spacial score (nSPS) is 24.8. The summed E-state index contributed by atoms with van der Waals surface area (Å²) in [5.41, 5.74) is -0.413. The van der Waals surface area contributed by atoms with Crippen molar-refractivity contribution in [2.24, 2.45) is 0 Å². The number of carbonyl (C=O) groups excluding carboxylic acids is 1. The molecule has 5 heteroatoms. The number of carbonyl (C=O) groups is 1. The topological polar surface area (TPSA) is 41.6 Å². The van der Waals surface area contributed by atoms with Crippen LogP contribution in [0.25, 0.3) is 0 Å². The third-order valence-electron chi connectivity index (χ3n) is 4.32. The summed E-state index contributed by atoms with van der Waals surface area (Å²) in [5, 5.41) is 3.59. The first-order chi connectivity index (χ1) is 9.85. The lowest BCUT2D eigenvalue weighted by Crippen LogP contribution is -2.50. The molecule has 21 heavy (non-hydrogen) atoms. The van der Waals surface area contributed by atoms with Crippen molar-refractivity contribution in [2.75, 3.05) is 25.9 Å². The summed E-state index contributed by atoms with van der Waals surface area (Å²) in [5.74, 6) is 0. The van der Waals surface area contributed by atoms with Gasteiger partial charge in [0.05, 0.1) is 0 Å². The van der Waals surface area contributed by atoms with Crippen molar-refractivity contribution in [3.63, 3.8) is 0 Å². The van der Waals surface area contributed by atoms with Gasteiger partial charge in [-0.3, -0.25) is 0 Å². The molecule has 1 unspecified atom stereocenters. The summed E-state index contributed by atoms with van der Waals surface area (Å²) in [4.78, 5) is 14.3. The van der Waals surface area contributed by atoms with Gasteiger partial charge < -0.3 is 15.0 Å². The number of rotatable bonds is 5. The minimum Gasteiger partial charge on any atom is -0.444 e. The van der Waals surface area contributed by atoms with E-state index in [1.165, 1.54) is 19.3 Å². The molecule has 122 valence electrons. The molecule has 1 aliphatic heterocycles. The lowest BCUT2D eigenvalue weighted by molar-refractivity contribution is 0.00998. The van der Waals surface area contributed by atoms with Gasteiger partial charge in [0.15, 0.2) is 0 Å². The molecule has 1 atom stereocenters. The number of hydrogen-bond donors (Lipinski definition) is 1. The van der Waals surface area contributed by atoms with Crippen LogP contribution >= 0.6 is 11.8 Å². The van der Waals surface area contributed by atoms with Crippen LogP contribution in [0.2, 0.25) is 0 Å². The highest BCUT2D eigenvalue weighted by molar-refractivity contribution is 8.00. The van der Waals surface area contributed by atoms with E-state index >= 15 is 0 Å². The number of likely N-dealkylation sites (tertiary alicyclic amines) is 1. The monoisotopic (exact) mass is 314 g/mol. The van der Waals surface area contributed by atoms with Gasteiger partial charge in [0.25, 0.3) is 0 Å². The molecule has 0 radical (unpaired) electrons. The maximum atomic E-state index is 12.3. The molecule has 2 fully saturated rings. The summed E-state index contributed by atoms with van der Waals surface area (Å²) in [6.07, 6.45) is 8.06. The van der Waals surface area contributed by atoms with Crippen LogP contribution in [0, 0.1) is 0 Å². The number of nitrogens with one attached hydrogen (secondary N) is 1. The third-order valence-corrected chi connectivity index (χ3v) is 5.74. The molecule has 1 saturated carbocycles. The molecular weight excluding hydrogens is 284 g/mol. The Morgan fingerprint density at radius 1 is 1.38 bits per heavy atom. The molecule has 1 amide bonds.